The summed E-state index contributed by atoms with van der Waals surface area (Å²) >= 11 is 5.39. The molecule has 13 heteroatoms. The number of rotatable bonds is 14. The second-order valence-corrected chi connectivity index (χ2v) is 7.09. The molecule has 0 rings (SSSR count). The smallest absolute Gasteiger partial charge is 0.326 e. The topological polar surface area (TPSA) is 188 Å². The molecule has 0 aromatic heterocycles. The predicted molar refractivity (Wildman–Crippen MR) is 106 cm³/mol. The van der Waals surface area contributed by atoms with Gasteiger partial charge in [-0.05, 0) is 24.9 Å². The first kappa shape index (κ1) is 26.0. The summed E-state index contributed by atoms with van der Waals surface area (Å²) in [5, 5.41) is 24.6. The van der Waals surface area contributed by atoms with Crippen molar-refractivity contribution >= 4 is 54.1 Å². The van der Waals surface area contributed by atoms with Gasteiger partial charge in [0.1, 0.15) is 12.1 Å². The number of carboxylic acids is 2. The van der Waals surface area contributed by atoms with Crippen molar-refractivity contribution in [1.29, 1.82) is 0 Å². The van der Waals surface area contributed by atoms with E-state index >= 15 is 0 Å². The Morgan fingerprint density at radius 3 is 2.18 bits per heavy atom. The van der Waals surface area contributed by atoms with Crippen molar-refractivity contribution in [2.45, 2.75) is 37.4 Å². The molecule has 0 aliphatic carbocycles. The number of carbonyl (C=O) groups is 5. The van der Waals surface area contributed by atoms with Crippen LogP contribution in [0.15, 0.2) is 0 Å². The molecule has 0 aromatic rings. The van der Waals surface area contributed by atoms with E-state index in [1.807, 2.05) is 0 Å². The molecule has 0 fully saturated rings. The molecule has 3 amide bonds. The fourth-order valence-electron chi connectivity index (χ4n) is 1.91. The molecule has 0 saturated heterocycles. The van der Waals surface area contributed by atoms with E-state index in [1.54, 1.807) is 6.26 Å². The molecule has 0 aliphatic rings. The highest BCUT2D eigenvalue weighted by molar-refractivity contribution is 7.98. The van der Waals surface area contributed by atoms with E-state index in [9.17, 15) is 24.0 Å². The van der Waals surface area contributed by atoms with E-state index in [4.69, 9.17) is 15.9 Å². The number of thiol groups is 1. The summed E-state index contributed by atoms with van der Waals surface area (Å²) in [6, 6.07) is -3.27. The number of carbonyl (C=O) groups excluding carboxylic acids is 3. The lowest BCUT2D eigenvalue weighted by Gasteiger charge is -2.19. The molecule has 0 radical (unpaired) electrons. The number of thioether (sulfide) groups is 1. The van der Waals surface area contributed by atoms with Crippen LogP contribution >= 0.6 is 24.4 Å². The van der Waals surface area contributed by atoms with E-state index in [0.29, 0.717) is 5.75 Å². The first-order chi connectivity index (χ1) is 13.1. The number of amides is 3. The zero-order valence-corrected chi connectivity index (χ0v) is 17.1. The van der Waals surface area contributed by atoms with Crippen molar-refractivity contribution < 1.29 is 34.2 Å². The molecule has 0 aliphatic heterocycles. The Labute approximate surface area is 172 Å². The van der Waals surface area contributed by atoms with E-state index in [-0.39, 0.29) is 25.0 Å². The standard InChI is InChI=1S/C15H26N4O7S2/c1-28-5-4-9(15(25)26)18-11(20)6-17-14(24)10(7-27)19-13(23)8(16)2-3-12(21)22/h8-10,27H,2-7,16H2,1H3,(H,17,24)(H,18,20)(H,19,23)(H,21,22)(H,25,26). The summed E-state index contributed by atoms with van der Waals surface area (Å²) in [6.45, 7) is -0.479. The molecule has 0 bridgehead atoms. The van der Waals surface area contributed by atoms with Gasteiger partial charge in [-0.2, -0.15) is 24.4 Å². The minimum Gasteiger partial charge on any atom is -0.481 e. The molecule has 0 aromatic carbocycles. The number of aliphatic carboxylic acids is 2. The van der Waals surface area contributed by atoms with Gasteiger partial charge in [0, 0.05) is 12.2 Å². The van der Waals surface area contributed by atoms with Crippen molar-refractivity contribution in [3.63, 3.8) is 0 Å². The van der Waals surface area contributed by atoms with Gasteiger partial charge in [-0.1, -0.05) is 0 Å². The van der Waals surface area contributed by atoms with E-state index in [2.05, 4.69) is 28.6 Å². The number of hydrogen-bond donors (Lipinski definition) is 7. The maximum atomic E-state index is 12.1. The molecule has 11 nitrogen and oxygen atoms in total. The third kappa shape index (κ3) is 11.0. The molecule has 7 N–H and O–H groups in total. The Morgan fingerprint density at radius 2 is 1.68 bits per heavy atom. The Morgan fingerprint density at radius 1 is 1.04 bits per heavy atom. The van der Waals surface area contributed by atoms with Crippen LogP contribution in [0.25, 0.3) is 0 Å². The minimum absolute atomic E-state index is 0.0870. The van der Waals surface area contributed by atoms with Crippen molar-refractivity contribution in [3.05, 3.63) is 0 Å². The number of nitrogens with one attached hydrogen (secondary N) is 3. The molecular weight excluding hydrogens is 412 g/mol. The lowest BCUT2D eigenvalue weighted by molar-refractivity contribution is -0.142. The summed E-state index contributed by atoms with van der Waals surface area (Å²) in [6.07, 6.45) is 1.64. The summed E-state index contributed by atoms with van der Waals surface area (Å²) in [4.78, 5) is 57.4. The monoisotopic (exact) mass is 438 g/mol. The highest BCUT2D eigenvalue weighted by atomic mass is 32.2. The van der Waals surface area contributed by atoms with E-state index in [0.717, 1.165) is 0 Å². The Balaban J connectivity index is 4.52. The third-order valence-electron chi connectivity index (χ3n) is 3.49. The average Bonchev–Trinajstić information content (AvgIpc) is 2.64. The molecule has 160 valence electrons. The van der Waals surface area contributed by atoms with Crippen LogP contribution in [-0.2, 0) is 24.0 Å². The number of hydrogen-bond acceptors (Lipinski definition) is 8. The number of nitrogens with two attached hydrogens (primary N) is 1. The molecule has 0 heterocycles. The zero-order valence-electron chi connectivity index (χ0n) is 15.3. The van der Waals surface area contributed by atoms with Crippen molar-refractivity contribution in [2.24, 2.45) is 5.73 Å². The van der Waals surface area contributed by atoms with Crippen LogP contribution < -0.4 is 21.7 Å². The quantitative estimate of drug-likeness (QED) is 0.151. The lowest BCUT2D eigenvalue weighted by Crippen LogP contribution is -2.54. The largest absolute Gasteiger partial charge is 0.481 e. The predicted octanol–water partition coefficient (Wildman–Crippen LogP) is -1.97. The Bertz CT molecular complexity index is 577. The minimum atomic E-state index is -1.18. The Kier molecular flexibility index (Phi) is 13.1. The van der Waals surface area contributed by atoms with Gasteiger partial charge in [-0.25, -0.2) is 4.79 Å². The molecule has 3 atom stereocenters. The maximum Gasteiger partial charge on any atom is 0.326 e. The van der Waals surface area contributed by atoms with Gasteiger partial charge in [-0.3, -0.25) is 19.2 Å². The summed E-state index contributed by atoms with van der Waals surface area (Å²) in [5.74, 6) is -3.94. The lowest BCUT2D eigenvalue weighted by atomic mass is 10.1. The van der Waals surface area contributed by atoms with Crippen LogP contribution in [0.1, 0.15) is 19.3 Å². The van der Waals surface area contributed by atoms with Gasteiger partial charge in [0.2, 0.25) is 17.7 Å². The van der Waals surface area contributed by atoms with Crippen molar-refractivity contribution in [3.8, 4) is 0 Å². The zero-order chi connectivity index (χ0) is 21.7. The second kappa shape index (κ2) is 14.1. The fraction of sp³-hybridized carbons (Fsp3) is 0.667. The maximum absolute atomic E-state index is 12.1. The van der Waals surface area contributed by atoms with Crippen molar-refractivity contribution in [1.82, 2.24) is 16.0 Å². The van der Waals surface area contributed by atoms with E-state index < -0.39 is 54.3 Å². The van der Waals surface area contributed by atoms with Gasteiger partial charge >= 0.3 is 11.9 Å². The van der Waals surface area contributed by atoms with Gasteiger partial charge in [-0.15, -0.1) is 0 Å². The normalized spacial score (nSPS) is 13.7. The first-order valence-electron chi connectivity index (χ1n) is 8.29. The molecule has 0 spiro atoms. The van der Waals surface area contributed by atoms with Crippen LogP contribution in [0.3, 0.4) is 0 Å². The summed E-state index contributed by atoms with van der Waals surface area (Å²) in [7, 11) is 0. The van der Waals surface area contributed by atoms with Crippen LogP contribution in [0, 0.1) is 0 Å². The van der Waals surface area contributed by atoms with Gasteiger partial charge in [0.25, 0.3) is 0 Å². The summed E-state index contributed by atoms with van der Waals surface area (Å²) < 4.78 is 0. The second-order valence-electron chi connectivity index (χ2n) is 5.74. The molecule has 0 saturated carbocycles. The van der Waals surface area contributed by atoms with Crippen LogP contribution in [0.2, 0.25) is 0 Å². The Hall–Kier alpha value is -1.99. The van der Waals surface area contributed by atoms with Crippen molar-refractivity contribution in [2.75, 3.05) is 24.3 Å². The van der Waals surface area contributed by atoms with E-state index in [1.165, 1.54) is 11.8 Å². The van der Waals surface area contributed by atoms with Gasteiger partial charge in [0.15, 0.2) is 0 Å². The van der Waals surface area contributed by atoms with Crippen LogP contribution in [-0.4, -0.2) is 82.3 Å². The van der Waals surface area contributed by atoms with Crippen LogP contribution in [0.5, 0.6) is 0 Å². The SMILES string of the molecule is CSCCC(NC(=O)CNC(=O)C(CS)NC(=O)C(N)CCC(=O)O)C(=O)O. The van der Waals surface area contributed by atoms with Gasteiger partial charge < -0.3 is 31.9 Å². The highest BCUT2D eigenvalue weighted by Crippen LogP contribution is 2.01. The molecule has 3 unspecified atom stereocenters. The molecule has 28 heavy (non-hydrogen) atoms. The highest BCUT2D eigenvalue weighted by Gasteiger charge is 2.24. The third-order valence-corrected chi connectivity index (χ3v) is 4.50. The molecular formula is C15H26N4O7S2. The van der Waals surface area contributed by atoms with Gasteiger partial charge in [0.05, 0.1) is 12.6 Å². The summed E-state index contributed by atoms with van der Waals surface area (Å²) in [5.41, 5.74) is 5.56. The number of carboxylic acid groups (broad SMARTS) is 2. The fourth-order valence-corrected chi connectivity index (χ4v) is 2.64. The average molecular weight is 439 g/mol. The van der Waals surface area contributed by atoms with Crippen LogP contribution in [0.4, 0.5) is 0 Å². The first-order valence-corrected chi connectivity index (χ1v) is 10.3.